The lowest BCUT2D eigenvalue weighted by molar-refractivity contribution is 0.324. The summed E-state index contributed by atoms with van der Waals surface area (Å²) < 4.78 is 3.87. The Labute approximate surface area is 146 Å². The van der Waals surface area contributed by atoms with E-state index in [-0.39, 0.29) is 0 Å². The van der Waals surface area contributed by atoms with Crippen LogP contribution >= 0.6 is 27.7 Å². The number of fused-ring (bicyclic) bond motifs is 3. The van der Waals surface area contributed by atoms with Crippen LogP contribution in [0.2, 0.25) is 0 Å². The minimum Gasteiger partial charge on any atom is -0.344 e. The Morgan fingerprint density at radius 3 is 2.91 bits per heavy atom. The second kappa shape index (κ2) is 6.60. The first-order chi connectivity index (χ1) is 10.8. The molecule has 1 fully saturated rings. The summed E-state index contributed by atoms with van der Waals surface area (Å²) in [7, 11) is 0. The van der Waals surface area contributed by atoms with Gasteiger partial charge in [0.2, 0.25) is 0 Å². The molecule has 118 valence electrons. The maximum absolute atomic E-state index is 3.66. The summed E-state index contributed by atoms with van der Waals surface area (Å²) >= 11 is 5.74. The number of aromatic nitrogens is 1. The molecule has 2 heterocycles. The van der Waals surface area contributed by atoms with Crippen LogP contribution in [0.25, 0.3) is 10.9 Å². The zero-order valence-corrected chi connectivity index (χ0v) is 15.5. The monoisotopic (exact) mass is 377 g/mol. The number of nitrogens with zero attached hydrogens (tertiary/aromatic N) is 1. The molecule has 1 saturated carbocycles. The molecule has 1 aromatic heterocycles. The van der Waals surface area contributed by atoms with E-state index >= 15 is 0 Å². The van der Waals surface area contributed by atoms with Crippen molar-refractivity contribution in [1.82, 2.24) is 4.57 Å². The molecular formula is C19H24BrNS. The Morgan fingerprint density at radius 2 is 2.05 bits per heavy atom. The van der Waals surface area contributed by atoms with Crippen LogP contribution in [-0.2, 0) is 18.7 Å². The normalized spacial score (nSPS) is 19.5. The lowest BCUT2D eigenvalue weighted by atomic mass is 9.87. The molecule has 0 unspecified atom stereocenters. The standard InChI is InChI=1S/C19H24BrNS/c20-15-6-7-18-16(12-15)17-13-22-11-9-19(17)21(18)10-8-14-4-2-1-3-5-14/h6-7,12,14H,1-5,8-11,13H2. The number of thioether (sulfide) groups is 1. The van der Waals surface area contributed by atoms with E-state index in [0.717, 1.165) is 5.92 Å². The van der Waals surface area contributed by atoms with Crippen molar-refractivity contribution >= 4 is 38.6 Å². The fraction of sp³-hybridized carbons (Fsp3) is 0.579. The number of aryl methyl sites for hydroxylation is 1. The topological polar surface area (TPSA) is 4.93 Å². The first-order valence-corrected chi connectivity index (χ1v) is 10.6. The Hall–Kier alpha value is -0.410. The van der Waals surface area contributed by atoms with Crippen LogP contribution in [0.3, 0.4) is 0 Å². The van der Waals surface area contributed by atoms with Crippen molar-refractivity contribution in [1.29, 1.82) is 0 Å². The van der Waals surface area contributed by atoms with E-state index in [9.17, 15) is 0 Å². The Kier molecular flexibility index (Phi) is 4.54. The van der Waals surface area contributed by atoms with Gasteiger partial charge < -0.3 is 4.57 Å². The van der Waals surface area contributed by atoms with Crippen LogP contribution in [0, 0.1) is 5.92 Å². The summed E-state index contributed by atoms with van der Waals surface area (Å²) in [4.78, 5) is 0. The Balaban J connectivity index is 1.66. The van der Waals surface area contributed by atoms with E-state index < -0.39 is 0 Å². The highest BCUT2D eigenvalue weighted by Gasteiger charge is 2.21. The molecule has 3 heteroatoms. The molecule has 4 rings (SSSR count). The lowest BCUT2D eigenvalue weighted by Crippen LogP contribution is -2.13. The molecule has 0 bridgehead atoms. The molecule has 0 spiro atoms. The van der Waals surface area contributed by atoms with Crippen molar-refractivity contribution in [2.75, 3.05) is 5.75 Å². The van der Waals surface area contributed by atoms with E-state index in [4.69, 9.17) is 0 Å². The number of hydrogen-bond donors (Lipinski definition) is 0. The third-order valence-electron chi connectivity index (χ3n) is 5.46. The zero-order valence-electron chi connectivity index (χ0n) is 13.1. The summed E-state index contributed by atoms with van der Waals surface area (Å²) in [5.74, 6) is 3.45. The van der Waals surface area contributed by atoms with Gasteiger partial charge in [-0.15, -0.1) is 0 Å². The van der Waals surface area contributed by atoms with Gasteiger partial charge in [-0.1, -0.05) is 48.0 Å². The van der Waals surface area contributed by atoms with Gasteiger partial charge in [-0.3, -0.25) is 0 Å². The van der Waals surface area contributed by atoms with E-state index in [1.54, 1.807) is 11.3 Å². The molecule has 1 nitrogen and oxygen atoms in total. The van der Waals surface area contributed by atoms with E-state index in [2.05, 4.69) is 50.5 Å². The second-order valence-electron chi connectivity index (χ2n) is 6.83. The van der Waals surface area contributed by atoms with E-state index in [1.165, 1.54) is 78.4 Å². The number of rotatable bonds is 3. The van der Waals surface area contributed by atoms with Gasteiger partial charge in [0.1, 0.15) is 0 Å². The summed E-state index contributed by atoms with van der Waals surface area (Å²) in [6.07, 6.45) is 9.92. The third kappa shape index (κ3) is 2.87. The van der Waals surface area contributed by atoms with Gasteiger partial charge >= 0.3 is 0 Å². The molecule has 0 radical (unpaired) electrons. The smallest absolute Gasteiger partial charge is 0.0486 e. The van der Waals surface area contributed by atoms with Crippen molar-refractivity contribution in [3.63, 3.8) is 0 Å². The van der Waals surface area contributed by atoms with Crippen LogP contribution < -0.4 is 0 Å². The largest absolute Gasteiger partial charge is 0.344 e. The van der Waals surface area contributed by atoms with Crippen LogP contribution in [-0.4, -0.2) is 10.3 Å². The predicted molar refractivity (Wildman–Crippen MR) is 101 cm³/mol. The second-order valence-corrected chi connectivity index (χ2v) is 8.85. The highest BCUT2D eigenvalue weighted by atomic mass is 79.9. The molecule has 0 saturated heterocycles. The van der Waals surface area contributed by atoms with Crippen LogP contribution in [0.4, 0.5) is 0 Å². The van der Waals surface area contributed by atoms with Gasteiger partial charge in [0.15, 0.2) is 0 Å². The fourth-order valence-corrected chi connectivity index (χ4v) is 5.65. The molecule has 0 atom stereocenters. The maximum atomic E-state index is 3.66. The van der Waals surface area contributed by atoms with Crippen molar-refractivity contribution in [2.45, 2.75) is 57.2 Å². The van der Waals surface area contributed by atoms with Crippen molar-refractivity contribution in [3.05, 3.63) is 33.9 Å². The minimum absolute atomic E-state index is 0.968. The summed E-state index contributed by atoms with van der Waals surface area (Å²) in [6.45, 7) is 1.22. The number of halogens is 1. The van der Waals surface area contributed by atoms with Crippen molar-refractivity contribution < 1.29 is 0 Å². The molecule has 1 aliphatic heterocycles. The molecular weight excluding hydrogens is 354 g/mol. The molecule has 22 heavy (non-hydrogen) atoms. The molecule has 2 aromatic rings. The zero-order chi connectivity index (χ0) is 14.9. The number of hydrogen-bond acceptors (Lipinski definition) is 1. The van der Waals surface area contributed by atoms with E-state index in [1.807, 2.05) is 0 Å². The van der Waals surface area contributed by atoms with Gasteiger partial charge in [0.05, 0.1) is 0 Å². The van der Waals surface area contributed by atoms with E-state index in [0.29, 0.717) is 0 Å². The Morgan fingerprint density at radius 1 is 1.18 bits per heavy atom. The summed E-state index contributed by atoms with van der Waals surface area (Å²) in [6, 6.07) is 6.86. The average Bonchev–Trinajstić information content (AvgIpc) is 2.87. The molecule has 1 aliphatic carbocycles. The maximum Gasteiger partial charge on any atom is 0.0486 e. The van der Waals surface area contributed by atoms with Crippen LogP contribution in [0.1, 0.15) is 49.8 Å². The highest BCUT2D eigenvalue weighted by Crippen LogP contribution is 2.36. The van der Waals surface area contributed by atoms with Crippen molar-refractivity contribution in [2.24, 2.45) is 5.92 Å². The fourth-order valence-electron chi connectivity index (χ4n) is 4.28. The minimum atomic E-state index is 0.968. The van der Waals surface area contributed by atoms with Gasteiger partial charge in [0, 0.05) is 33.4 Å². The third-order valence-corrected chi connectivity index (χ3v) is 6.94. The van der Waals surface area contributed by atoms with Crippen LogP contribution in [0.5, 0.6) is 0 Å². The SMILES string of the molecule is Brc1ccc2c(c1)c1c(n2CCC2CCCCC2)CCSC1. The van der Waals surface area contributed by atoms with Crippen LogP contribution in [0.15, 0.2) is 22.7 Å². The molecule has 0 N–H and O–H groups in total. The quantitative estimate of drug-likeness (QED) is 0.619. The average molecular weight is 378 g/mol. The highest BCUT2D eigenvalue weighted by molar-refractivity contribution is 9.10. The molecule has 1 aromatic carbocycles. The first kappa shape index (κ1) is 15.1. The first-order valence-electron chi connectivity index (χ1n) is 8.70. The molecule has 0 amide bonds. The van der Waals surface area contributed by atoms with Gasteiger partial charge in [-0.2, -0.15) is 11.8 Å². The summed E-state index contributed by atoms with van der Waals surface area (Å²) in [5, 5.41) is 1.49. The van der Waals surface area contributed by atoms with Gasteiger partial charge in [-0.05, 0) is 48.3 Å². The van der Waals surface area contributed by atoms with Crippen molar-refractivity contribution in [3.8, 4) is 0 Å². The number of benzene rings is 1. The predicted octanol–water partition coefficient (Wildman–Crippen LogP) is 6.16. The lowest BCUT2D eigenvalue weighted by Gasteiger charge is -2.23. The summed E-state index contributed by atoms with van der Waals surface area (Å²) in [5.41, 5.74) is 4.70. The van der Waals surface area contributed by atoms with Gasteiger partial charge in [-0.25, -0.2) is 0 Å². The Bertz CT molecular complexity index is 670. The van der Waals surface area contributed by atoms with Gasteiger partial charge in [0.25, 0.3) is 0 Å². The molecule has 2 aliphatic rings.